The summed E-state index contributed by atoms with van der Waals surface area (Å²) >= 11 is 6.01. The summed E-state index contributed by atoms with van der Waals surface area (Å²) in [5.74, 6) is 0.989. The van der Waals surface area contributed by atoms with E-state index in [9.17, 15) is 9.90 Å². The monoisotopic (exact) mass is 338 g/mol. The lowest BCUT2D eigenvalue weighted by Crippen LogP contribution is -2.50. The van der Waals surface area contributed by atoms with E-state index in [1.54, 1.807) is 25.3 Å². The van der Waals surface area contributed by atoms with Crippen molar-refractivity contribution in [2.24, 2.45) is 5.92 Å². The number of β-amino-alcohol motifs (C(OH)–C–C–N with tert-alkyl or cyclic N) is 1. The Morgan fingerprint density at radius 2 is 2.04 bits per heavy atom. The number of aliphatic hydroxyl groups excluding tert-OH is 1. The van der Waals surface area contributed by atoms with E-state index in [0.717, 1.165) is 25.9 Å². The Hall–Kier alpha value is -1.30. The highest BCUT2D eigenvalue weighted by molar-refractivity contribution is 6.31. The van der Waals surface area contributed by atoms with E-state index in [4.69, 9.17) is 16.3 Å². The molecule has 3 rings (SSSR count). The van der Waals surface area contributed by atoms with Crippen LogP contribution in [0.3, 0.4) is 0 Å². The Bertz CT molecular complexity index is 569. The smallest absolute Gasteiger partial charge is 0.257 e. The van der Waals surface area contributed by atoms with Gasteiger partial charge in [0.1, 0.15) is 5.75 Å². The molecule has 1 N–H and O–H groups in total. The van der Waals surface area contributed by atoms with Gasteiger partial charge in [0, 0.05) is 37.7 Å². The van der Waals surface area contributed by atoms with Crippen molar-refractivity contribution in [3.63, 3.8) is 0 Å². The van der Waals surface area contributed by atoms with Gasteiger partial charge in [-0.25, -0.2) is 0 Å². The molecule has 126 valence electrons. The molecule has 1 aliphatic carbocycles. The molecule has 2 aliphatic rings. The summed E-state index contributed by atoms with van der Waals surface area (Å²) in [6.07, 6.45) is 2.08. The first-order chi connectivity index (χ1) is 11.1. The summed E-state index contributed by atoms with van der Waals surface area (Å²) in [5.41, 5.74) is 0.506. The van der Waals surface area contributed by atoms with Crippen LogP contribution in [-0.2, 0) is 0 Å². The van der Waals surface area contributed by atoms with Gasteiger partial charge < -0.3 is 14.7 Å². The highest BCUT2D eigenvalue weighted by atomic mass is 35.5. The lowest BCUT2D eigenvalue weighted by molar-refractivity contribution is 0.0486. The highest BCUT2D eigenvalue weighted by Crippen LogP contribution is 2.33. The maximum Gasteiger partial charge on any atom is 0.257 e. The second-order valence-electron chi connectivity index (χ2n) is 6.34. The van der Waals surface area contributed by atoms with Crippen LogP contribution in [0.1, 0.15) is 23.2 Å². The number of methoxy groups -OCH3 is 1. The molecule has 0 radical (unpaired) electrons. The number of hydrogen-bond donors (Lipinski definition) is 1. The number of piperazine rings is 1. The Balaban J connectivity index is 1.58. The van der Waals surface area contributed by atoms with Gasteiger partial charge in [-0.2, -0.15) is 0 Å². The van der Waals surface area contributed by atoms with Crippen LogP contribution in [0.2, 0.25) is 5.02 Å². The SMILES string of the molecule is COc1ccc(Cl)cc1C(=O)N1CCN(C[C@@H](O)C2CC2)CC1. The second kappa shape index (κ2) is 7.07. The number of benzene rings is 1. The highest BCUT2D eigenvalue weighted by Gasteiger charge is 2.32. The van der Waals surface area contributed by atoms with Crippen molar-refractivity contribution >= 4 is 17.5 Å². The summed E-state index contributed by atoms with van der Waals surface area (Å²) in [6.45, 7) is 3.61. The van der Waals surface area contributed by atoms with Crippen LogP contribution in [0.15, 0.2) is 18.2 Å². The molecule has 1 saturated carbocycles. The number of nitrogens with zero attached hydrogens (tertiary/aromatic N) is 2. The first kappa shape index (κ1) is 16.6. The fourth-order valence-electron chi connectivity index (χ4n) is 3.05. The van der Waals surface area contributed by atoms with Crippen LogP contribution in [0.4, 0.5) is 0 Å². The maximum atomic E-state index is 12.7. The Morgan fingerprint density at radius 3 is 2.65 bits per heavy atom. The van der Waals surface area contributed by atoms with Crippen LogP contribution >= 0.6 is 11.6 Å². The van der Waals surface area contributed by atoms with Gasteiger partial charge in [-0.3, -0.25) is 9.69 Å². The van der Waals surface area contributed by atoms with Gasteiger partial charge in [0.05, 0.1) is 18.8 Å². The number of ether oxygens (including phenoxy) is 1. The predicted molar refractivity (Wildman–Crippen MR) is 89.1 cm³/mol. The van der Waals surface area contributed by atoms with Gasteiger partial charge in [-0.15, -0.1) is 0 Å². The van der Waals surface area contributed by atoms with Gasteiger partial charge in [-0.1, -0.05) is 11.6 Å². The fraction of sp³-hybridized carbons (Fsp3) is 0.588. The average Bonchev–Trinajstić information content (AvgIpc) is 3.40. The molecular formula is C17H23ClN2O3. The van der Waals surface area contributed by atoms with Crippen molar-refractivity contribution in [2.75, 3.05) is 39.8 Å². The standard InChI is InChI=1S/C17H23ClN2O3/c1-23-16-5-4-13(18)10-14(16)17(22)20-8-6-19(7-9-20)11-15(21)12-2-3-12/h4-5,10,12,15,21H,2-3,6-9,11H2,1H3/t15-/m1/s1. The molecule has 0 spiro atoms. The quantitative estimate of drug-likeness (QED) is 0.890. The van der Waals surface area contributed by atoms with Crippen LogP contribution in [0.25, 0.3) is 0 Å². The van der Waals surface area contributed by atoms with Crippen LogP contribution in [-0.4, -0.2) is 66.8 Å². The van der Waals surface area contributed by atoms with Gasteiger partial charge in [0.15, 0.2) is 0 Å². The number of rotatable bonds is 5. The van der Waals surface area contributed by atoms with Crippen molar-refractivity contribution in [1.82, 2.24) is 9.80 Å². The van der Waals surface area contributed by atoms with E-state index in [-0.39, 0.29) is 12.0 Å². The third kappa shape index (κ3) is 3.97. The number of carbonyl (C=O) groups is 1. The summed E-state index contributed by atoms with van der Waals surface area (Å²) in [6, 6.07) is 5.10. The minimum absolute atomic E-state index is 0.0493. The van der Waals surface area contributed by atoms with E-state index in [2.05, 4.69) is 4.90 Å². The maximum absolute atomic E-state index is 12.7. The number of hydrogen-bond acceptors (Lipinski definition) is 4. The summed E-state index contributed by atoms with van der Waals surface area (Å²) in [7, 11) is 1.55. The van der Waals surface area contributed by atoms with Gasteiger partial charge >= 0.3 is 0 Å². The minimum atomic E-state index is -0.217. The van der Waals surface area contributed by atoms with E-state index in [1.807, 2.05) is 4.90 Å². The Morgan fingerprint density at radius 1 is 1.35 bits per heavy atom. The van der Waals surface area contributed by atoms with Crippen LogP contribution < -0.4 is 4.74 Å². The summed E-state index contributed by atoms with van der Waals surface area (Å²) in [4.78, 5) is 16.8. The molecule has 0 bridgehead atoms. The zero-order valence-electron chi connectivity index (χ0n) is 13.4. The summed E-state index contributed by atoms with van der Waals surface area (Å²) in [5, 5.41) is 10.6. The van der Waals surface area contributed by atoms with Crippen molar-refractivity contribution < 1.29 is 14.6 Å². The van der Waals surface area contributed by atoms with Gasteiger partial charge in [0.2, 0.25) is 0 Å². The van der Waals surface area contributed by atoms with Gasteiger partial charge in [-0.05, 0) is 37.0 Å². The van der Waals surface area contributed by atoms with E-state index in [0.29, 0.717) is 41.9 Å². The van der Waals surface area contributed by atoms with E-state index >= 15 is 0 Å². The van der Waals surface area contributed by atoms with Crippen molar-refractivity contribution in [2.45, 2.75) is 18.9 Å². The molecule has 0 aromatic heterocycles. The third-order valence-corrected chi connectivity index (χ3v) is 4.90. The molecule has 1 heterocycles. The van der Waals surface area contributed by atoms with Gasteiger partial charge in [0.25, 0.3) is 5.91 Å². The molecular weight excluding hydrogens is 316 g/mol. The van der Waals surface area contributed by atoms with E-state index in [1.165, 1.54) is 0 Å². The molecule has 1 saturated heterocycles. The zero-order chi connectivity index (χ0) is 16.4. The molecule has 1 aromatic carbocycles. The molecule has 1 aromatic rings. The molecule has 1 atom stereocenters. The van der Waals surface area contributed by atoms with Crippen molar-refractivity contribution in [1.29, 1.82) is 0 Å². The largest absolute Gasteiger partial charge is 0.496 e. The normalized spacial score (nSPS) is 20.4. The molecule has 5 nitrogen and oxygen atoms in total. The third-order valence-electron chi connectivity index (χ3n) is 4.66. The molecule has 1 amide bonds. The predicted octanol–water partition coefficient (Wildman–Crippen LogP) is 1.88. The van der Waals surface area contributed by atoms with Crippen LogP contribution in [0, 0.1) is 5.92 Å². The van der Waals surface area contributed by atoms with E-state index < -0.39 is 0 Å². The van der Waals surface area contributed by atoms with Crippen molar-refractivity contribution in [3.05, 3.63) is 28.8 Å². The topological polar surface area (TPSA) is 53.0 Å². The fourth-order valence-corrected chi connectivity index (χ4v) is 3.22. The summed E-state index contributed by atoms with van der Waals surface area (Å²) < 4.78 is 5.27. The lowest BCUT2D eigenvalue weighted by atomic mass is 10.1. The Kier molecular flexibility index (Phi) is 5.09. The number of amides is 1. The first-order valence-electron chi connectivity index (χ1n) is 8.11. The number of aliphatic hydroxyl groups is 1. The zero-order valence-corrected chi connectivity index (χ0v) is 14.1. The molecule has 1 aliphatic heterocycles. The number of halogens is 1. The van der Waals surface area contributed by atoms with Crippen LogP contribution in [0.5, 0.6) is 5.75 Å². The first-order valence-corrected chi connectivity index (χ1v) is 8.49. The molecule has 23 heavy (non-hydrogen) atoms. The second-order valence-corrected chi connectivity index (χ2v) is 6.78. The minimum Gasteiger partial charge on any atom is -0.496 e. The van der Waals surface area contributed by atoms with Crippen molar-refractivity contribution in [3.8, 4) is 5.75 Å². The number of carbonyl (C=O) groups excluding carboxylic acids is 1. The average molecular weight is 339 g/mol. The lowest BCUT2D eigenvalue weighted by Gasteiger charge is -2.35. The molecule has 0 unspecified atom stereocenters. The molecule has 6 heteroatoms. The Labute approximate surface area is 141 Å². The molecule has 2 fully saturated rings.